The maximum absolute atomic E-state index is 12.7. The van der Waals surface area contributed by atoms with Crippen LogP contribution in [0.3, 0.4) is 0 Å². The summed E-state index contributed by atoms with van der Waals surface area (Å²) < 4.78 is 12.7. The highest BCUT2D eigenvalue weighted by Gasteiger charge is 2.04. The van der Waals surface area contributed by atoms with Gasteiger partial charge in [-0.3, -0.25) is 9.59 Å². The minimum absolute atomic E-state index is 0.101. The van der Waals surface area contributed by atoms with Crippen LogP contribution in [0, 0.1) is 5.82 Å². The number of carbonyl (C=O) groups is 2. The predicted molar refractivity (Wildman–Crippen MR) is 97.8 cm³/mol. The molecule has 0 heterocycles. The molecule has 5 nitrogen and oxygen atoms in total. The van der Waals surface area contributed by atoms with E-state index >= 15 is 0 Å². The van der Waals surface area contributed by atoms with E-state index in [4.69, 9.17) is 0 Å². The molecule has 0 aliphatic heterocycles. The van der Waals surface area contributed by atoms with E-state index in [1.165, 1.54) is 44.0 Å². The van der Waals surface area contributed by atoms with Gasteiger partial charge in [-0.2, -0.15) is 5.10 Å². The Kier molecular flexibility index (Phi) is 10.9. The number of hydrogen-bond acceptors (Lipinski definition) is 3. The van der Waals surface area contributed by atoms with Gasteiger partial charge in [-0.1, -0.05) is 57.6 Å². The van der Waals surface area contributed by atoms with Crippen LogP contribution in [0.4, 0.5) is 4.39 Å². The van der Waals surface area contributed by atoms with Crippen molar-refractivity contribution >= 4 is 18.0 Å². The van der Waals surface area contributed by atoms with Crippen LogP contribution >= 0.6 is 0 Å². The maximum Gasteiger partial charge on any atom is 0.259 e. The number of rotatable bonds is 12. The molecule has 0 radical (unpaired) electrons. The average Bonchev–Trinajstić information content (AvgIpc) is 2.61. The molecule has 0 atom stereocenters. The van der Waals surface area contributed by atoms with Gasteiger partial charge in [0.1, 0.15) is 5.82 Å². The zero-order valence-electron chi connectivity index (χ0n) is 14.9. The van der Waals surface area contributed by atoms with E-state index in [-0.39, 0.29) is 18.3 Å². The molecule has 0 bridgehead atoms. The van der Waals surface area contributed by atoms with Gasteiger partial charge in [0.05, 0.1) is 12.8 Å². The fourth-order valence-corrected chi connectivity index (χ4v) is 2.28. The molecule has 0 aliphatic rings. The quantitative estimate of drug-likeness (QED) is 0.344. The average molecular weight is 349 g/mol. The lowest BCUT2D eigenvalue weighted by molar-refractivity contribution is -0.126. The summed E-state index contributed by atoms with van der Waals surface area (Å²) in [4.78, 5) is 23.2. The molecule has 2 amide bonds. The molecule has 0 aliphatic carbocycles. The standard InChI is InChI=1S/C19H28FN3O2/c1-2-3-4-5-6-7-8-9-18(24)21-15-19(25)23-22-14-16-10-12-17(20)13-11-16/h10-14H,2-9,15H2,1H3,(H,21,24)(H,23,25)/b22-14+. The summed E-state index contributed by atoms with van der Waals surface area (Å²) in [5.41, 5.74) is 2.99. The highest BCUT2D eigenvalue weighted by atomic mass is 19.1. The van der Waals surface area contributed by atoms with Crippen molar-refractivity contribution in [3.8, 4) is 0 Å². The number of unbranched alkanes of at least 4 members (excludes halogenated alkanes) is 6. The van der Waals surface area contributed by atoms with E-state index in [2.05, 4.69) is 22.8 Å². The lowest BCUT2D eigenvalue weighted by atomic mass is 10.1. The van der Waals surface area contributed by atoms with Crippen LogP contribution in [0.2, 0.25) is 0 Å². The third-order valence-electron chi connectivity index (χ3n) is 3.73. The second-order valence-electron chi connectivity index (χ2n) is 5.99. The van der Waals surface area contributed by atoms with Gasteiger partial charge < -0.3 is 5.32 Å². The first-order valence-corrected chi connectivity index (χ1v) is 8.96. The van der Waals surface area contributed by atoms with E-state index in [1.54, 1.807) is 12.1 Å². The zero-order chi connectivity index (χ0) is 18.3. The summed E-state index contributed by atoms with van der Waals surface area (Å²) in [5, 5.41) is 6.34. The maximum atomic E-state index is 12.7. The number of benzene rings is 1. The molecule has 0 saturated heterocycles. The molecule has 25 heavy (non-hydrogen) atoms. The van der Waals surface area contributed by atoms with Crippen LogP contribution in [-0.2, 0) is 9.59 Å². The number of carbonyl (C=O) groups excluding carboxylic acids is 2. The highest BCUT2D eigenvalue weighted by molar-refractivity contribution is 5.86. The number of hydrogen-bond donors (Lipinski definition) is 2. The van der Waals surface area contributed by atoms with Gasteiger partial charge >= 0.3 is 0 Å². The van der Waals surface area contributed by atoms with Crippen LogP contribution in [0.15, 0.2) is 29.4 Å². The Morgan fingerprint density at radius 1 is 1.00 bits per heavy atom. The van der Waals surface area contributed by atoms with Gasteiger partial charge in [0, 0.05) is 6.42 Å². The fraction of sp³-hybridized carbons (Fsp3) is 0.526. The molecule has 138 valence electrons. The van der Waals surface area contributed by atoms with Crippen molar-refractivity contribution < 1.29 is 14.0 Å². The van der Waals surface area contributed by atoms with Crippen molar-refractivity contribution in [2.75, 3.05) is 6.54 Å². The van der Waals surface area contributed by atoms with Crippen LogP contribution < -0.4 is 10.7 Å². The molecule has 0 aromatic heterocycles. The Labute approximate surface area is 149 Å². The third-order valence-corrected chi connectivity index (χ3v) is 3.73. The summed E-state index contributed by atoms with van der Waals surface area (Å²) in [6.45, 7) is 2.09. The second kappa shape index (κ2) is 13.1. The van der Waals surface area contributed by atoms with Gasteiger partial charge in [0.25, 0.3) is 5.91 Å². The van der Waals surface area contributed by atoms with Crippen molar-refractivity contribution in [1.29, 1.82) is 0 Å². The number of amides is 2. The van der Waals surface area contributed by atoms with E-state index in [0.29, 0.717) is 12.0 Å². The molecule has 0 spiro atoms. The molecule has 0 fully saturated rings. The summed E-state index contributed by atoms with van der Waals surface area (Å²) >= 11 is 0. The molecule has 6 heteroatoms. The monoisotopic (exact) mass is 349 g/mol. The molecule has 0 unspecified atom stereocenters. The second-order valence-corrected chi connectivity index (χ2v) is 5.99. The number of nitrogens with zero attached hydrogens (tertiary/aromatic N) is 1. The first-order valence-electron chi connectivity index (χ1n) is 8.96. The predicted octanol–water partition coefficient (Wildman–Crippen LogP) is 3.53. The third kappa shape index (κ3) is 11.0. The van der Waals surface area contributed by atoms with Crippen molar-refractivity contribution in [1.82, 2.24) is 10.7 Å². The molecular weight excluding hydrogens is 321 g/mol. The molecule has 2 N–H and O–H groups in total. The van der Waals surface area contributed by atoms with E-state index in [1.807, 2.05) is 0 Å². The first kappa shape index (κ1) is 20.8. The van der Waals surface area contributed by atoms with Crippen molar-refractivity contribution in [2.24, 2.45) is 5.10 Å². The van der Waals surface area contributed by atoms with E-state index in [9.17, 15) is 14.0 Å². The highest BCUT2D eigenvalue weighted by Crippen LogP contribution is 2.08. The summed E-state index contributed by atoms with van der Waals surface area (Å²) in [6, 6.07) is 5.73. The SMILES string of the molecule is CCCCCCCCCC(=O)NCC(=O)N/N=C/c1ccc(F)cc1. The number of hydrazone groups is 1. The lowest BCUT2D eigenvalue weighted by Crippen LogP contribution is -2.34. The van der Waals surface area contributed by atoms with Crippen LogP contribution in [-0.4, -0.2) is 24.6 Å². The normalized spacial score (nSPS) is 10.8. The van der Waals surface area contributed by atoms with Gasteiger partial charge in [0.15, 0.2) is 0 Å². The van der Waals surface area contributed by atoms with E-state index < -0.39 is 5.91 Å². The number of nitrogens with one attached hydrogen (secondary N) is 2. The lowest BCUT2D eigenvalue weighted by Gasteiger charge is -2.04. The number of halogens is 1. The Hall–Kier alpha value is -2.24. The Balaban J connectivity index is 2.06. The van der Waals surface area contributed by atoms with Gasteiger partial charge in [0.2, 0.25) is 5.91 Å². The van der Waals surface area contributed by atoms with Crippen molar-refractivity contribution in [2.45, 2.75) is 58.3 Å². The van der Waals surface area contributed by atoms with Crippen molar-refractivity contribution in [3.63, 3.8) is 0 Å². The van der Waals surface area contributed by atoms with Crippen molar-refractivity contribution in [3.05, 3.63) is 35.6 Å². The fourth-order valence-electron chi connectivity index (χ4n) is 2.28. The Morgan fingerprint density at radius 2 is 1.64 bits per heavy atom. The van der Waals surface area contributed by atoms with Crippen LogP contribution in [0.5, 0.6) is 0 Å². The van der Waals surface area contributed by atoms with Gasteiger partial charge in [-0.25, -0.2) is 9.82 Å². The molecule has 1 rings (SSSR count). The summed E-state index contributed by atoms with van der Waals surface area (Å²) in [7, 11) is 0. The molecule has 1 aromatic rings. The minimum Gasteiger partial charge on any atom is -0.347 e. The van der Waals surface area contributed by atoms with Crippen LogP contribution in [0.1, 0.15) is 63.9 Å². The molecule has 1 aromatic carbocycles. The smallest absolute Gasteiger partial charge is 0.259 e. The van der Waals surface area contributed by atoms with Crippen LogP contribution in [0.25, 0.3) is 0 Å². The van der Waals surface area contributed by atoms with E-state index in [0.717, 1.165) is 19.3 Å². The van der Waals surface area contributed by atoms with Gasteiger partial charge in [-0.15, -0.1) is 0 Å². The summed E-state index contributed by atoms with van der Waals surface area (Å²) in [6.07, 6.45) is 9.92. The Bertz CT molecular complexity index is 544. The molecular formula is C19H28FN3O2. The Morgan fingerprint density at radius 3 is 2.32 bits per heavy atom. The summed E-state index contributed by atoms with van der Waals surface area (Å²) in [5.74, 6) is -0.845. The van der Waals surface area contributed by atoms with Gasteiger partial charge in [-0.05, 0) is 24.1 Å². The topological polar surface area (TPSA) is 70.6 Å². The minimum atomic E-state index is -0.397. The largest absolute Gasteiger partial charge is 0.347 e. The first-order chi connectivity index (χ1) is 12.1. The molecule has 0 saturated carbocycles. The zero-order valence-corrected chi connectivity index (χ0v) is 14.9.